The number of para-hydroxylation sites is 1. The molecular formula is C30H44N4O6. The molecule has 40 heavy (non-hydrogen) atoms. The molecule has 0 radical (unpaired) electrons. The fourth-order valence-electron chi connectivity index (χ4n) is 7.40. The first kappa shape index (κ1) is 29.0. The van der Waals surface area contributed by atoms with Crippen LogP contribution in [0.1, 0.15) is 51.9 Å². The Kier molecular flexibility index (Phi) is 9.09. The van der Waals surface area contributed by atoms with Crippen molar-refractivity contribution in [3.63, 3.8) is 0 Å². The summed E-state index contributed by atoms with van der Waals surface area (Å²) >= 11 is 0. The van der Waals surface area contributed by atoms with E-state index < -0.39 is 29.1 Å². The van der Waals surface area contributed by atoms with Crippen molar-refractivity contribution in [3.05, 3.63) is 30.3 Å². The van der Waals surface area contributed by atoms with Gasteiger partial charge in [-0.05, 0) is 44.2 Å². The maximum atomic E-state index is 14.2. The third-order valence-corrected chi connectivity index (χ3v) is 9.39. The van der Waals surface area contributed by atoms with Gasteiger partial charge in [0, 0.05) is 45.0 Å². The van der Waals surface area contributed by atoms with E-state index in [9.17, 15) is 14.4 Å². The number of morpholine rings is 1. The summed E-state index contributed by atoms with van der Waals surface area (Å²) in [5.41, 5.74) is -1.10. The molecule has 5 atom stereocenters. The van der Waals surface area contributed by atoms with E-state index in [-0.39, 0.29) is 24.3 Å². The molecule has 0 aliphatic carbocycles. The van der Waals surface area contributed by atoms with E-state index in [2.05, 4.69) is 15.5 Å². The van der Waals surface area contributed by atoms with Crippen LogP contribution in [0.4, 0.5) is 5.69 Å². The Bertz CT molecular complexity index is 1050. The first-order chi connectivity index (χ1) is 19.5. The number of anilines is 1. The number of aliphatic hydroxyl groups excluding tert-OH is 1. The van der Waals surface area contributed by atoms with E-state index >= 15 is 0 Å². The van der Waals surface area contributed by atoms with Crippen LogP contribution in [0.3, 0.4) is 0 Å². The number of rotatable bonds is 13. The number of benzene rings is 1. The molecule has 4 fully saturated rings. The summed E-state index contributed by atoms with van der Waals surface area (Å²) in [4.78, 5) is 45.8. The van der Waals surface area contributed by atoms with Gasteiger partial charge in [0.25, 0.3) is 0 Å². The number of carbonyl (C=O) groups excluding carboxylic acids is 3. The van der Waals surface area contributed by atoms with Crippen molar-refractivity contribution in [1.29, 1.82) is 0 Å². The van der Waals surface area contributed by atoms with Crippen molar-refractivity contribution in [3.8, 4) is 0 Å². The molecule has 5 rings (SSSR count). The lowest BCUT2D eigenvalue weighted by atomic mass is 9.65. The number of fused-ring (bicyclic) bond motifs is 1. The quantitative estimate of drug-likeness (QED) is 0.317. The molecule has 1 aromatic rings. The van der Waals surface area contributed by atoms with Gasteiger partial charge in [0.05, 0.1) is 30.7 Å². The number of ether oxygens (including phenoxy) is 2. The fraction of sp³-hybridized carbons (Fsp3) is 0.700. The number of hydrogen-bond donors (Lipinski definition) is 3. The van der Waals surface area contributed by atoms with Crippen molar-refractivity contribution in [2.24, 2.45) is 11.8 Å². The Morgan fingerprint density at radius 3 is 2.50 bits per heavy atom. The van der Waals surface area contributed by atoms with Crippen molar-refractivity contribution in [2.45, 2.75) is 69.1 Å². The average Bonchev–Trinajstić information content (AvgIpc) is 3.57. The molecule has 3 N–H and O–H groups in total. The molecule has 3 amide bonds. The maximum Gasteiger partial charge on any atom is 0.245 e. The van der Waals surface area contributed by atoms with Gasteiger partial charge in [-0.15, -0.1) is 0 Å². The second-order valence-electron chi connectivity index (χ2n) is 11.6. The Morgan fingerprint density at radius 1 is 1.02 bits per heavy atom. The van der Waals surface area contributed by atoms with Gasteiger partial charge in [0.15, 0.2) is 0 Å². The van der Waals surface area contributed by atoms with E-state index in [1.54, 1.807) is 4.90 Å². The van der Waals surface area contributed by atoms with Gasteiger partial charge < -0.3 is 30.1 Å². The largest absolute Gasteiger partial charge is 0.396 e. The Morgan fingerprint density at radius 2 is 1.77 bits per heavy atom. The minimum Gasteiger partial charge on any atom is -0.396 e. The van der Waals surface area contributed by atoms with Gasteiger partial charge in [-0.2, -0.15) is 0 Å². The predicted octanol–water partition coefficient (Wildman–Crippen LogP) is 1.78. The zero-order valence-electron chi connectivity index (χ0n) is 23.6. The van der Waals surface area contributed by atoms with Crippen molar-refractivity contribution < 1.29 is 29.0 Å². The van der Waals surface area contributed by atoms with Gasteiger partial charge in [0.2, 0.25) is 17.7 Å². The molecule has 10 nitrogen and oxygen atoms in total. The fourth-order valence-corrected chi connectivity index (χ4v) is 7.40. The van der Waals surface area contributed by atoms with Gasteiger partial charge in [-0.3, -0.25) is 19.3 Å². The highest BCUT2D eigenvalue weighted by Gasteiger charge is 2.78. The number of carbonyl (C=O) groups is 3. The molecule has 2 unspecified atom stereocenters. The lowest BCUT2D eigenvalue weighted by Crippen LogP contribution is -2.56. The van der Waals surface area contributed by atoms with Gasteiger partial charge >= 0.3 is 0 Å². The minimum atomic E-state index is -1.01. The summed E-state index contributed by atoms with van der Waals surface area (Å²) in [5.74, 6) is -1.93. The van der Waals surface area contributed by atoms with Crippen LogP contribution >= 0.6 is 0 Å². The molecule has 4 heterocycles. The standard InChI is InChI=1S/C30H44N4O6/c1-2-29-12-13-30(40-29)24(23(29)26(36)32-22-10-6-5-7-11-22)28(38)34(15-8-3-4-9-19-35)25(30)27(37)31-14-16-33-17-20-39-21-18-33/h5-7,10-11,23-25,35H,2-4,8-9,12-21H2,1H3,(H,31,37)(H,32,36)/t23-,24-,25?,29+,30?/m0/s1. The van der Waals surface area contributed by atoms with E-state index in [0.29, 0.717) is 51.3 Å². The van der Waals surface area contributed by atoms with E-state index in [1.165, 1.54) is 0 Å². The van der Waals surface area contributed by atoms with Crippen LogP contribution in [0.15, 0.2) is 30.3 Å². The summed E-state index contributed by atoms with van der Waals surface area (Å²) in [6, 6.07) is 8.51. The second-order valence-corrected chi connectivity index (χ2v) is 11.6. The highest BCUT2D eigenvalue weighted by atomic mass is 16.5. The number of aliphatic hydroxyl groups is 1. The van der Waals surface area contributed by atoms with Crippen molar-refractivity contribution in [1.82, 2.24) is 15.1 Å². The summed E-state index contributed by atoms with van der Waals surface area (Å²) in [7, 11) is 0. The predicted molar refractivity (Wildman–Crippen MR) is 149 cm³/mol. The Balaban J connectivity index is 1.38. The first-order valence-electron chi connectivity index (χ1n) is 15.0. The molecule has 2 bridgehead atoms. The lowest BCUT2D eigenvalue weighted by Gasteiger charge is -2.34. The molecule has 1 aromatic carbocycles. The number of hydrogen-bond acceptors (Lipinski definition) is 7. The molecule has 10 heteroatoms. The second kappa shape index (κ2) is 12.5. The van der Waals surface area contributed by atoms with Crippen molar-refractivity contribution >= 4 is 23.4 Å². The van der Waals surface area contributed by atoms with Crippen LogP contribution in [0.25, 0.3) is 0 Å². The van der Waals surface area contributed by atoms with Gasteiger partial charge in [-0.1, -0.05) is 38.0 Å². The maximum absolute atomic E-state index is 14.2. The van der Waals surface area contributed by atoms with E-state index in [4.69, 9.17) is 14.6 Å². The molecule has 220 valence electrons. The summed E-state index contributed by atoms with van der Waals surface area (Å²) in [6.07, 6.45) is 4.97. The molecule has 4 saturated heterocycles. The minimum absolute atomic E-state index is 0.146. The SMILES string of the molecule is CC[C@]12CCC3(O1)C(C(=O)NCCN1CCOCC1)N(CCCCCCO)C(=O)[C@@H]3[C@H]2C(=O)Nc1ccccc1. The van der Waals surface area contributed by atoms with E-state index in [0.717, 1.165) is 45.3 Å². The van der Waals surface area contributed by atoms with Gasteiger partial charge in [-0.25, -0.2) is 0 Å². The number of likely N-dealkylation sites (tertiary alicyclic amines) is 1. The first-order valence-corrected chi connectivity index (χ1v) is 15.0. The van der Waals surface area contributed by atoms with E-state index in [1.807, 2.05) is 37.3 Å². The molecule has 4 aliphatic rings. The number of amides is 3. The van der Waals surface area contributed by atoms with Gasteiger partial charge in [0.1, 0.15) is 11.6 Å². The third-order valence-electron chi connectivity index (χ3n) is 9.39. The number of nitrogens with one attached hydrogen (secondary N) is 2. The van der Waals surface area contributed by atoms with Crippen LogP contribution in [-0.4, -0.2) is 102 Å². The average molecular weight is 557 g/mol. The zero-order valence-corrected chi connectivity index (χ0v) is 23.6. The van der Waals surface area contributed by atoms with Crippen LogP contribution in [0.2, 0.25) is 0 Å². The Hall–Kier alpha value is -2.53. The normalized spacial score (nSPS) is 31.4. The van der Waals surface area contributed by atoms with Crippen LogP contribution in [-0.2, 0) is 23.9 Å². The smallest absolute Gasteiger partial charge is 0.245 e. The molecule has 0 saturated carbocycles. The topological polar surface area (TPSA) is 120 Å². The number of nitrogens with zero attached hydrogens (tertiary/aromatic N) is 2. The molecule has 4 aliphatic heterocycles. The molecular weight excluding hydrogens is 512 g/mol. The Labute approximate surface area is 236 Å². The third kappa shape index (κ3) is 5.38. The van der Waals surface area contributed by atoms with Crippen LogP contribution in [0.5, 0.6) is 0 Å². The van der Waals surface area contributed by atoms with Crippen molar-refractivity contribution in [2.75, 3.05) is 57.9 Å². The molecule has 1 spiro atoms. The number of unbranched alkanes of at least 4 members (excludes halogenated alkanes) is 3. The lowest BCUT2D eigenvalue weighted by molar-refractivity contribution is -0.146. The highest BCUT2D eigenvalue weighted by Crippen LogP contribution is 2.64. The molecule has 0 aromatic heterocycles. The van der Waals surface area contributed by atoms with Crippen LogP contribution < -0.4 is 10.6 Å². The van der Waals surface area contributed by atoms with Crippen LogP contribution in [0, 0.1) is 11.8 Å². The summed E-state index contributed by atoms with van der Waals surface area (Å²) in [5, 5.41) is 15.3. The monoisotopic (exact) mass is 556 g/mol. The highest BCUT2D eigenvalue weighted by molar-refractivity contribution is 6.02. The summed E-state index contributed by atoms with van der Waals surface area (Å²) < 4.78 is 12.3. The zero-order chi connectivity index (χ0) is 28.2. The summed E-state index contributed by atoms with van der Waals surface area (Å²) in [6.45, 7) is 6.84.